The molecule has 0 aliphatic heterocycles. The Labute approximate surface area is 96.2 Å². The lowest BCUT2D eigenvalue weighted by atomic mass is 10.00. The predicted octanol–water partition coefficient (Wildman–Crippen LogP) is 0.676. The van der Waals surface area contributed by atoms with E-state index in [1.54, 1.807) is 27.7 Å². The highest BCUT2D eigenvalue weighted by atomic mass is 16.6. The zero-order valence-corrected chi connectivity index (χ0v) is 10.5. The van der Waals surface area contributed by atoms with Crippen molar-refractivity contribution < 1.29 is 19.4 Å². The van der Waals surface area contributed by atoms with Crippen LogP contribution < -0.4 is 10.4 Å². The van der Waals surface area contributed by atoms with Crippen LogP contribution in [0.2, 0.25) is 0 Å². The fourth-order valence-corrected chi connectivity index (χ4v) is 1.10. The summed E-state index contributed by atoms with van der Waals surface area (Å²) in [6.07, 6.45) is -0.101. The topological polar surface area (TPSA) is 78.5 Å². The van der Waals surface area contributed by atoms with Crippen molar-refractivity contribution in [2.75, 3.05) is 0 Å². The molecule has 0 aliphatic rings. The molecule has 0 bridgehead atoms. The SMILES string of the molecule is CC[C@@H](C)[C@H](NC(=O)OC(C)(C)C)C(=O)[O-]. The van der Waals surface area contributed by atoms with E-state index in [9.17, 15) is 14.7 Å². The molecule has 0 aromatic heterocycles. The van der Waals surface area contributed by atoms with Gasteiger partial charge in [0.15, 0.2) is 0 Å². The molecule has 0 radical (unpaired) electrons. The second kappa shape index (κ2) is 5.72. The Bertz CT molecular complexity index is 257. The zero-order valence-electron chi connectivity index (χ0n) is 10.5. The van der Waals surface area contributed by atoms with Crippen molar-refractivity contribution in [2.45, 2.75) is 52.7 Å². The van der Waals surface area contributed by atoms with E-state index in [0.29, 0.717) is 6.42 Å². The quantitative estimate of drug-likeness (QED) is 0.770. The molecule has 2 atom stereocenters. The van der Waals surface area contributed by atoms with Gasteiger partial charge >= 0.3 is 6.09 Å². The molecule has 0 fully saturated rings. The third-order valence-corrected chi connectivity index (χ3v) is 2.14. The fourth-order valence-electron chi connectivity index (χ4n) is 1.10. The number of carbonyl (C=O) groups excluding carboxylic acids is 2. The number of hydrogen-bond acceptors (Lipinski definition) is 4. The molecule has 16 heavy (non-hydrogen) atoms. The monoisotopic (exact) mass is 230 g/mol. The van der Waals surface area contributed by atoms with Crippen molar-refractivity contribution in [2.24, 2.45) is 5.92 Å². The van der Waals surface area contributed by atoms with Gasteiger partial charge in [-0.25, -0.2) is 4.79 Å². The molecule has 94 valence electrons. The smallest absolute Gasteiger partial charge is 0.408 e. The number of nitrogens with one attached hydrogen (secondary N) is 1. The Balaban J connectivity index is 4.42. The molecule has 1 N–H and O–H groups in total. The molecule has 0 saturated heterocycles. The summed E-state index contributed by atoms with van der Waals surface area (Å²) in [5.41, 5.74) is -0.643. The molecule has 0 rings (SSSR count). The number of carbonyl (C=O) groups is 2. The van der Waals surface area contributed by atoms with Crippen LogP contribution >= 0.6 is 0 Å². The lowest BCUT2D eigenvalue weighted by molar-refractivity contribution is -0.309. The summed E-state index contributed by atoms with van der Waals surface area (Å²) in [7, 11) is 0. The molecule has 0 saturated carbocycles. The summed E-state index contributed by atoms with van der Waals surface area (Å²) in [6.45, 7) is 8.72. The summed E-state index contributed by atoms with van der Waals surface area (Å²) in [6, 6.07) is -1.01. The molecule has 0 aromatic carbocycles. The standard InChI is InChI=1S/C11H21NO4/c1-6-7(2)8(9(13)14)12-10(15)16-11(3,4)5/h7-8H,6H2,1-5H3,(H,12,15)(H,13,14)/p-1/t7-,8+/m1/s1. The second-order valence-corrected chi connectivity index (χ2v) is 4.83. The van der Waals surface area contributed by atoms with E-state index in [2.05, 4.69) is 5.32 Å². The van der Waals surface area contributed by atoms with Gasteiger partial charge in [0.05, 0.1) is 12.0 Å². The van der Waals surface area contributed by atoms with Crippen molar-refractivity contribution in [3.05, 3.63) is 0 Å². The van der Waals surface area contributed by atoms with Crippen molar-refractivity contribution in [1.29, 1.82) is 0 Å². The zero-order chi connectivity index (χ0) is 12.9. The van der Waals surface area contributed by atoms with Gasteiger partial charge in [-0.05, 0) is 26.7 Å². The summed E-state index contributed by atoms with van der Waals surface area (Å²) in [5.74, 6) is -1.49. The van der Waals surface area contributed by atoms with E-state index in [1.807, 2.05) is 6.92 Å². The minimum atomic E-state index is -1.29. The lowest BCUT2D eigenvalue weighted by Gasteiger charge is -2.27. The average molecular weight is 230 g/mol. The van der Waals surface area contributed by atoms with E-state index >= 15 is 0 Å². The van der Waals surface area contributed by atoms with Gasteiger partial charge in [0, 0.05) is 0 Å². The molecular weight excluding hydrogens is 210 g/mol. The van der Waals surface area contributed by atoms with Crippen LogP contribution in [0.4, 0.5) is 4.79 Å². The Morgan fingerprint density at radius 2 is 1.88 bits per heavy atom. The number of aliphatic carboxylic acids is 1. The van der Waals surface area contributed by atoms with Crippen molar-refractivity contribution in [3.63, 3.8) is 0 Å². The Kier molecular flexibility index (Phi) is 5.27. The minimum absolute atomic E-state index is 0.197. The van der Waals surface area contributed by atoms with Crippen LogP contribution in [0.5, 0.6) is 0 Å². The second-order valence-electron chi connectivity index (χ2n) is 4.83. The summed E-state index contributed by atoms with van der Waals surface area (Å²) >= 11 is 0. The van der Waals surface area contributed by atoms with Crippen LogP contribution in [0.25, 0.3) is 0 Å². The number of rotatable bonds is 4. The fraction of sp³-hybridized carbons (Fsp3) is 0.818. The predicted molar refractivity (Wildman–Crippen MR) is 57.6 cm³/mol. The largest absolute Gasteiger partial charge is 0.548 e. The first kappa shape index (κ1) is 14.7. The maximum absolute atomic E-state index is 11.4. The highest BCUT2D eigenvalue weighted by molar-refractivity contribution is 5.78. The number of ether oxygens (including phenoxy) is 1. The molecule has 5 nitrogen and oxygen atoms in total. The van der Waals surface area contributed by atoms with Crippen molar-refractivity contribution in [1.82, 2.24) is 5.32 Å². The third-order valence-electron chi connectivity index (χ3n) is 2.14. The number of amides is 1. The molecule has 5 heteroatoms. The highest BCUT2D eigenvalue weighted by Crippen LogP contribution is 2.10. The molecule has 0 heterocycles. The maximum Gasteiger partial charge on any atom is 0.408 e. The molecule has 0 aromatic rings. The molecule has 0 aliphatic carbocycles. The molecular formula is C11H20NO4-. The summed E-state index contributed by atoms with van der Waals surface area (Å²) in [5, 5.41) is 13.1. The van der Waals surface area contributed by atoms with Gasteiger partial charge < -0.3 is 20.0 Å². The van der Waals surface area contributed by atoms with Crippen LogP contribution in [0.3, 0.4) is 0 Å². The van der Waals surface area contributed by atoms with Crippen molar-refractivity contribution in [3.8, 4) is 0 Å². The van der Waals surface area contributed by atoms with Gasteiger partial charge in [-0.2, -0.15) is 0 Å². The van der Waals surface area contributed by atoms with E-state index in [-0.39, 0.29) is 5.92 Å². The van der Waals surface area contributed by atoms with Gasteiger partial charge in [-0.1, -0.05) is 20.3 Å². The molecule has 0 spiro atoms. The highest BCUT2D eigenvalue weighted by Gasteiger charge is 2.23. The first-order chi connectivity index (χ1) is 7.17. The van der Waals surface area contributed by atoms with Crippen LogP contribution in [0.1, 0.15) is 41.0 Å². The first-order valence-electron chi connectivity index (χ1n) is 5.37. The third kappa shape index (κ3) is 5.58. The van der Waals surface area contributed by atoms with Crippen LogP contribution in [0.15, 0.2) is 0 Å². The van der Waals surface area contributed by atoms with Crippen LogP contribution in [0, 0.1) is 5.92 Å². The Morgan fingerprint density at radius 1 is 1.38 bits per heavy atom. The van der Waals surface area contributed by atoms with E-state index in [1.165, 1.54) is 0 Å². The van der Waals surface area contributed by atoms with Gasteiger partial charge in [-0.15, -0.1) is 0 Å². The minimum Gasteiger partial charge on any atom is -0.548 e. The maximum atomic E-state index is 11.4. The van der Waals surface area contributed by atoms with E-state index in [0.717, 1.165) is 0 Å². The van der Waals surface area contributed by atoms with Gasteiger partial charge in [-0.3, -0.25) is 0 Å². The van der Waals surface area contributed by atoms with Gasteiger partial charge in [0.1, 0.15) is 5.60 Å². The van der Waals surface area contributed by atoms with Crippen LogP contribution in [-0.2, 0) is 9.53 Å². The Hall–Kier alpha value is -1.26. The first-order valence-corrected chi connectivity index (χ1v) is 5.37. The number of hydrogen-bond donors (Lipinski definition) is 1. The average Bonchev–Trinajstić information content (AvgIpc) is 2.09. The number of carboxylic acid groups (broad SMARTS) is 1. The summed E-state index contributed by atoms with van der Waals surface area (Å²) < 4.78 is 4.97. The van der Waals surface area contributed by atoms with Gasteiger partial charge in [0.2, 0.25) is 0 Å². The van der Waals surface area contributed by atoms with Crippen molar-refractivity contribution >= 4 is 12.1 Å². The molecule has 1 amide bonds. The normalized spacial score (nSPS) is 15.1. The van der Waals surface area contributed by atoms with E-state index < -0.39 is 23.7 Å². The number of alkyl carbamates (subject to hydrolysis) is 1. The Morgan fingerprint density at radius 3 is 2.19 bits per heavy atom. The van der Waals surface area contributed by atoms with Crippen LogP contribution in [-0.4, -0.2) is 23.7 Å². The number of carboxylic acids is 1. The summed E-state index contributed by atoms with van der Waals surface area (Å²) in [4.78, 5) is 22.2. The molecule has 0 unspecified atom stereocenters. The lowest BCUT2D eigenvalue weighted by Crippen LogP contribution is -2.52. The van der Waals surface area contributed by atoms with E-state index in [4.69, 9.17) is 4.74 Å². The van der Waals surface area contributed by atoms with Gasteiger partial charge in [0.25, 0.3) is 0 Å².